The van der Waals surface area contributed by atoms with Crippen molar-refractivity contribution in [1.29, 1.82) is 0 Å². The fourth-order valence-electron chi connectivity index (χ4n) is 3.00. The predicted molar refractivity (Wildman–Crippen MR) is 95.0 cm³/mol. The molecule has 0 aliphatic carbocycles. The number of aryl methyl sites for hydroxylation is 2. The van der Waals surface area contributed by atoms with E-state index in [2.05, 4.69) is 57.7 Å². The van der Waals surface area contributed by atoms with Crippen LogP contribution in [0.2, 0.25) is 0 Å². The van der Waals surface area contributed by atoms with Crippen LogP contribution in [0.3, 0.4) is 0 Å². The second-order valence-corrected chi connectivity index (χ2v) is 6.42. The van der Waals surface area contributed by atoms with Crippen LogP contribution in [0.1, 0.15) is 76.0 Å². The zero-order valence-electron chi connectivity index (χ0n) is 15.1. The van der Waals surface area contributed by atoms with Gasteiger partial charge in [-0.1, -0.05) is 51.8 Å². The van der Waals surface area contributed by atoms with Crippen molar-refractivity contribution in [3.05, 3.63) is 34.9 Å². The van der Waals surface area contributed by atoms with Gasteiger partial charge < -0.3 is 4.90 Å². The van der Waals surface area contributed by atoms with E-state index in [-0.39, 0.29) is 0 Å². The first-order chi connectivity index (χ1) is 10.5. The third-order valence-corrected chi connectivity index (χ3v) is 4.39. The fourth-order valence-corrected chi connectivity index (χ4v) is 3.00. The second-order valence-electron chi connectivity index (χ2n) is 6.42. The summed E-state index contributed by atoms with van der Waals surface area (Å²) < 4.78 is 0. The van der Waals surface area contributed by atoms with Crippen molar-refractivity contribution in [2.24, 2.45) is 0 Å². The molecule has 2 heteroatoms. The van der Waals surface area contributed by atoms with Crippen molar-refractivity contribution in [2.45, 2.75) is 85.7 Å². The molecule has 0 heterocycles. The smallest absolute Gasteiger partial charge is 0.223 e. The number of benzene rings is 1. The lowest BCUT2D eigenvalue weighted by Gasteiger charge is -2.32. The first-order valence-electron chi connectivity index (χ1n) is 8.89. The summed E-state index contributed by atoms with van der Waals surface area (Å²) in [5.74, 6) is 0.313. The van der Waals surface area contributed by atoms with Gasteiger partial charge in [-0.15, -0.1) is 0 Å². The van der Waals surface area contributed by atoms with Crippen LogP contribution in [0, 0.1) is 13.8 Å². The molecule has 0 saturated heterocycles. The SMILES string of the molecule is CCCC(=O)N(Cc1ccc(C)c(C)c1)C(CCC)CCC. The van der Waals surface area contributed by atoms with Crippen molar-refractivity contribution >= 4 is 5.91 Å². The average Bonchev–Trinajstić information content (AvgIpc) is 2.48. The van der Waals surface area contributed by atoms with Gasteiger partial charge in [0.05, 0.1) is 0 Å². The maximum atomic E-state index is 12.6. The Labute approximate surface area is 136 Å². The Bertz CT molecular complexity index is 461. The fraction of sp³-hybridized carbons (Fsp3) is 0.650. The van der Waals surface area contributed by atoms with E-state index in [4.69, 9.17) is 0 Å². The number of carbonyl (C=O) groups is 1. The van der Waals surface area contributed by atoms with Gasteiger partial charge in [0.1, 0.15) is 0 Å². The predicted octanol–water partition coefficient (Wildman–Crippen LogP) is 5.40. The zero-order valence-corrected chi connectivity index (χ0v) is 15.1. The minimum absolute atomic E-state index is 0.313. The highest BCUT2D eigenvalue weighted by Gasteiger charge is 2.22. The standard InChI is InChI=1S/C20H33NO/c1-6-9-19(10-7-2)21(20(22)11-8-3)15-18-13-12-16(4)17(5)14-18/h12-14,19H,6-11,15H2,1-5H3. The highest BCUT2D eigenvalue weighted by atomic mass is 16.2. The quantitative estimate of drug-likeness (QED) is 0.598. The largest absolute Gasteiger partial charge is 0.335 e. The number of hydrogen-bond acceptors (Lipinski definition) is 1. The number of nitrogens with zero attached hydrogens (tertiary/aromatic N) is 1. The van der Waals surface area contributed by atoms with Crippen LogP contribution in [0.5, 0.6) is 0 Å². The monoisotopic (exact) mass is 303 g/mol. The summed E-state index contributed by atoms with van der Waals surface area (Å²) in [6.45, 7) is 11.5. The van der Waals surface area contributed by atoms with Crippen molar-refractivity contribution < 1.29 is 4.79 Å². The number of amides is 1. The van der Waals surface area contributed by atoms with Crippen molar-refractivity contribution in [3.63, 3.8) is 0 Å². The lowest BCUT2D eigenvalue weighted by atomic mass is 10.0. The maximum absolute atomic E-state index is 12.6. The van der Waals surface area contributed by atoms with Gasteiger partial charge in [-0.2, -0.15) is 0 Å². The van der Waals surface area contributed by atoms with Crippen molar-refractivity contribution in [1.82, 2.24) is 4.90 Å². The van der Waals surface area contributed by atoms with Gasteiger partial charge in [-0.25, -0.2) is 0 Å². The number of carbonyl (C=O) groups excluding carboxylic acids is 1. The Kier molecular flexibility index (Phi) is 8.22. The Morgan fingerprint density at radius 3 is 2.14 bits per heavy atom. The summed E-state index contributed by atoms with van der Waals surface area (Å²) in [7, 11) is 0. The minimum atomic E-state index is 0.313. The molecule has 2 nitrogen and oxygen atoms in total. The van der Waals surface area contributed by atoms with E-state index in [1.807, 2.05) is 0 Å². The van der Waals surface area contributed by atoms with Gasteiger partial charge >= 0.3 is 0 Å². The molecule has 1 amide bonds. The number of hydrogen-bond donors (Lipinski definition) is 0. The van der Waals surface area contributed by atoms with Gasteiger partial charge in [0, 0.05) is 19.0 Å². The molecule has 0 atom stereocenters. The van der Waals surface area contributed by atoms with Gasteiger partial charge in [0.25, 0.3) is 0 Å². The summed E-state index contributed by atoms with van der Waals surface area (Å²) >= 11 is 0. The molecule has 0 fully saturated rings. The molecule has 0 N–H and O–H groups in total. The molecule has 0 aromatic heterocycles. The molecule has 1 aromatic rings. The van der Waals surface area contributed by atoms with Crippen LogP contribution in [0.15, 0.2) is 18.2 Å². The second kappa shape index (κ2) is 9.66. The van der Waals surface area contributed by atoms with Crippen LogP contribution in [-0.4, -0.2) is 16.8 Å². The van der Waals surface area contributed by atoms with E-state index in [9.17, 15) is 4.79 Å². The molecule has 0 bridgehead atoms. The lowest BCUT2D eigenvalue weighted by molar-refractivity contribution is -0.134. The highest BCUT2D eigenvalue weighted by molar-refractivity contribution is 5.76. The summed E-state index contributed by atoms with van der Waals surface area (Å²) in [6, 6.07) is 6.96. The van der Waals surface area contributed by atoms with Crippen molar-refractivity contribution in [2.75, 3.05) is 0 Å². The van der Waals surface area contributed by atoms with Crippen LogP contribution >= 0.6 is 0 Å². The first kappa shape index (κ1) is 18.7. The van der Waals surface area contributed by atoms with Gasteiger partial charge in [0.15, 0.2) is 0 Å². The molecule has 0 unspecified atom stereocenters. The molecule has 0 saturated carbocycles. The van der Waals surface area contributed by atoms with Crippen LogP contribution in [0.4, 0.5) is 0 Å². The Balaban J connectivity index is 2.97. The third kappa shape index (κ3) is 5.47. The van der Waals surface area contributed by atoms with Crippen LogP contribution < -0.4 is 0 Å². The molecule has 0 spiro atoms. The van der Waals surface area contributed by atoms with Crippen LogP contribution in [0.25, 0.3) is 0 Å². The van der Waals surface area contributed by atoms with Gasteiger partial charge in [-0.05, 0) is 49.8 Å². The summed E-state index contributed by atoms with van der Waals surface area (Å²) in [4.78, 5) is 14.8. The summed E-state index contributed by atoms with van der Waals surface area (Å²) in [5.41, 5.74) is 3.88. The Hall–Kier alpha value is -1.31. The zero-order chi connectivity index (χ0) is 16.5. The van der Waals surface area contributed by atoms with Crippen LogP contribution in [-0.2, 0) is 11.3 Å². The molecule has 124 valence electrons. The summed E-state index contributed by atoms with van der Waals surface area (Å²) in [6.07, 6.45) is 6.06. The van der Waals surface area contributed by atoms with Crippen molar-refractivity contribution in [3.8, 4) is 0 Å². The normalized spacial score (nSPS) is 11.0. The molecule has 0 aliphatic heterocycles. The molecule has 0 radical (unpaired) electrons. The van der Waals surface area contributed by atoms with E-state index in [0.717, 1.165) is 38.6 Å². The Morgan fingerprint density at radius 1 is 1.00 bits per heavy atom. The van der Waals surface area contributed by atoms with Gasteiger partial charge in [-0.3, -0.25) is 4.79 Å². The topological polar surface area (TPSA) is 20.3 Å². The lowest BCUT2D eigenvalue weighted by Crippen LogP contribution is -2.39. The number of rotatable bonds is 9. The first-order valence-corrected chi connectivity index (χ1v) is 8.89. The molecule has 1 rings (SSSR count). The molecular weight excluding hydrogens is 270 g/mol. The molecule has 22 heavy (non-hydrogen) atoms. The third-order valence-electron chi connectivity index (χ3n) is 4.39. The van der Waals surface area contributed by atoms with E-state index < -0.39 is 0 Å². The average molecular weight is 303 g/mol. The van der Waals surface area contributed by atoms with E-state index in [0.29, 0.717) is 18.4 Å². The summed E-state index contributed by atoms with van der Waals surface area (Å²) in [5, 5.41) is 0. The van der Waals surface area contributed by atoms with E-state index in [1.54, 1.807) is 0 Å². The minimum Gasteiger partial charge on any atom is -0.335 e. The molecular formula is C20H33NO. The molecule has 0 aliphatic rings. The van der Waals surface area contributed by atoms with E-state index in [1.165, 1.54) is 16.7 Å². The highest BCUT2D eigenvalue weighted by Crippen LogP contribution is 2.20. The van der Waals surface area contributed by atoms with Gasteiger partial charge in [0.2, 0.25) is 5.91 Å². The van der Waals surface area contributed by atoms with E-state index >= 15 is 0 Å². The maximum Gasteiger partial charge on any atom is 0.223 e. The molecule has 1 aromatic carbocycles. The Morgan fingerprint density at radius 2 is 1.64 bits per heavy atom.